The van der Waals surface area contributed by atoms with Crippen LogP contribution in [0.25, 0.3) is 0 Å². The number of allylic oxidation sites excluding steroid dienone is 2. The Labute approximate surface area is 55.0 Å². The molecular weight excluding hydrogens is 108 g/mol. The maximum absolute atomic E-state index is 3.24. The van der Waals surface area contributed by atoms with Gasteiger partial charge in [-0.25, -0.2) is 0 Å². The van der Waals surface area contributed by atoms with Crippen LogP contribution in [0.15, 0.2) is 12.2 Å². The van der Waals surface area contributed by atoms with Crippen molar-refractivity contribution in [1.82, 2.24) is 0 Å². The molecule has 0 spiro atoms. The molecule has 0 aromatic rings. The zero-order valence-electron chi connectivity index (χ0n) is 5.17. The monoisotopic (exact) mass is 116 g/mol. The summed E-state index contributed by atoms with van der Waals surface area (Å²) < 4.78 is 0. The number of hydrogen-bond donors (Lipinski definition) is 0. The molecule has 0 aliphatic heterocycles. The van der Waals surface area contributed by atoms with E-state index in [9.17, 15) is 0 Å². The second kappa shape index (κ2) is 1.09. The molecule has 0 N–H and O–H groups in total. The van der Waals surface area contributed by atoms with Gasteiger partial charge < -0.3 is 0 Å². The summed E-state index contributed by atoms with van der Waals surface area (Å²) in [7, 11) is 0. The molecule has 9 heavy (non-hydrogen) atoms. The summed E-state index contributed by atoms with van der Waals surface area (Å²) in [6.07, 6.45) is 6.11. The first-order valence-corrected chi connectivity index (χ1v) is 3.64. The Morgan fingerprint density at radius 1 is 1.00 bits per heavy atom. The van der Waals surface area contributed by atoms with Crippen molar-refractivity contribution in [2.24, 2.45) is 23.7 Å². The molecule has 3 rings (SSSR count). The number of rotatable bonds is 0. The minimum Gasteiger partial charge on any atom is -0.0976 e. The van der Waals surface area contributed by atoms with Crippen LogP contribution < -0.4 is 0 Å². The standard InChI is InChI=1S/C9H8/c1-2-7-5-6(1)8-3-4-9(7)8/h1-2,6-9H,5H2. The van der Waals surface area contributed by atoms with Crippen LogP contribution in [0.4, 0.5) is 0 Å². The third kappa shape index (κ3) is 0.320. The first-order chi connectivity index (χ1) is 4.45. The molecule has 0 heteroatoms. The fraction of sp³-hybridized carbons (Fsp3) is 0.556. The molecule has 1 saturated carbocycles. The molecule has 44 valence electrons. The highest BCUT2D eigenvalue weighted by Crippen LogP contribution is 2.50. The lowest BCUT2D eigenvalue weighted by atomic mass is 9.78. The molecule has 0 nitrogen and oxygen atoms in total. The third-order valence-corrected chi connectivity index (χ3v) is 2.88. The van der Waals surface area contributed by atoms with E-state index in [1.54, 1.807) is 0 Å². The maximum Gasteiger partial charge on any atom is 0.0409 e. The summed E-state index contributed by atoms with van der Waals surface area (Å²) >= 11 is 0. The van der Waals surface area contributed by atoms with Gasteiger partial charge in [0.05, 0.1) is 0 Å². The lowest BCUT2D eigenvalue weighted by Gasteiger charge is -2.24. The van der Waals surface area contributed by atoms with Gasteiger partial charge in [-0.05, 0) is 18.3 Å². The van der Waals surface area contributed by atoms with Crippen LogP contribution in [0.5, 0.6) is 0 Å². The largest absolute Gasteiger partial charge is 0.0976 e. The van der Waals surface area contributed by atoms with Gasteiger partial charge >= 0.3 is 0 Å². The van der Waals surface area contributed by atoms with Crippen LogP contribution in [0, 0.1) is 35.5 Å². The summed E-state index contributed by atoms with van der Waals surface area (Å²) in [6, 6.07) is 0. The average molecular weight is 116 g/mol. The van der Waals surface area contributed by atoms with Crippen molar-refractivity contribution in [3.8, 4) is 11.8 Å². The SMILES string of the molecule is C1#CC2C3C=CC(C3)C12. The van der Waals surface area contributed by atoms with Crippen molar-refractivity contribution < 1.29 is 0 Å². The first-order valence-electron chi connectivity index (χ1n) is 3.64. The van der Waals surface area contributed by atoms with Crippen molar-refractivity contribution in [2.75, 3.05) is 0 Å². The highest BCUT2D eigenvalue weighted by atomic mass is 14.5. The summed E-state index contributed by atoms with van der Waals surface area (Å²) in [6.45, 7) is 0. The summed E-state index contributed by atoms with van der Waals surface area (Å²) in [4.78, 5) is 0. The van der Waals surface area contributed by atoms with Gasteiger partial charge in [0.2, 0.25) is 0 Å². The van der Waals surface area contributed by atoms with Gasteiger partial charge in [-0.15, -0.1) is 0 Å². The molecule has 3 aliphatic carbocycles. The molecular formula is C9H8. The molecule has 0 amide bonds. The lowest BCUT2D eigenvalue weighted by Crippen LogP contribution is -2.22. The molecule has 0 saturated heterocycles. The number of hydrogen-bond acceptors (Lipinski definition) is 0. The Bertz CT molecular complexity index is 216. The van der Waals surface area contributed by atoms with Crippen LogP contribution in [0.1, 0.15) is 6.42 Å². The second-order valence-corrected chi connectivity index (χ2v) is 3.29. The number of fused-ring (bicyclic) bond motifs is 5. The average Bonchev–Trinajstić information content (AvgIpc) is 2.18. The van der Waals surface area contributed by atoms with E-state index in [2.05, 4.69) is 24.0 Å². The van der Waals surface area contributed by atoms with Gasteiger partial charge in [0.15, 0.2) is 0 Å². The van der Waals surface area contributed by atoms with Gasteiger partial charge in [0, 0.05) is 11.8 Å². The normalized spacial score (nSPS) is 56.0. The van der Waals surface area contributed by atoms with Crippen molar-refractivity contribution >= 4 is 0 Å². The summed E-state index contributed by atoms with van der Waals surface area (Å²) in [5.41, 5.74) is 0. The zero-order chi connectivity index (χ0) is 5.84. The fourth-order valence-electron chi connectivity index (χ4n) is 2.31. The topological polar surface area (TPSA) is 0 Å². The molecule has 0 aromatic carbocycles. The van der Waals surface area contributed by atoms with Crippen molar-refractivity contribution in [3.05, 3.63) is 12.2 Å². The molecule has 2 bridgehead atoms. The Hall–Kier alpha value is -0.700. The van der Waals surface area contributed by atoms with Gasteiger partial charge in [-0.3, -0.25) is 0 Å². The van der Waals surface area contributed by atoms with Gasteiger partial charge in [-0.2, -0.15) is 0 Å². The van der Waals surface area contributed by atoms with E-state index < -0.39 is 0 Å². The van der Waals surface area contributed by atoms with E-state index in [0.717, 1.165) is 23.7 Å². The van der Waals surface area contributed by atoms with Crippen LogP contribution in [0.2, 0.25) is 0 Å². The first kappa shape index (κ1) is 4.17. The van der Waals surface area contributed by atoms with E-state index in [-0.39, 0.29) is 0 Å². The second-order valence-electron chi connectivity index (χ2n) is 3.29. The highest BCUT2D eigenvalue weighted by Gasteiger charge is 2.46. The van der Waals surface area contributed by atoms with Crippen LogP contribution in [-0.2, 0) is 0 Å². The minimum atomic E-state index is 0.778. The molecule has 0 heterocycles. The van der Waals surface area contributed by atoms with Gasteiger partial charge in [0.25, 0.3) is 0 Å². The van der Waals surface area contributed by atoms with E-state index in [4.69, 9.17) is 0 Å². The van der Waals surface area contributed by atoms with Crippen molar-refractivity contribution in [1.29, 1.82) is 0 Å². The predicted molar refractivity (Wildman–Crippen MR) is 35.5 cm³/mol. The van der Waals surface area contributed by atoms with Crippen LogP contribution in [0.3, 0.4) is 0 Å². The molecule has 3 aliphatic rings. The Morgan fingerprint density at radius 2 is 1.56 bits per heavy atom. The molecule has 0 aromatic heterocycles. The van der Waals surface area contributed by atoms with Gasteiger partial charge in [-0.1, -0.05) is 24.0 Å². The summed E-state index contributed by atoms with van der Waals surface area (Å²) in [5, 5.41) is 0. The lowest BCUT2D eigenvalue weighted by molar-refractivity contribution is 0.446. The highest BCUT2D eigenvalue weighted by molar-refractivity contribution is 5.35. The zero-order valence-corrected chi connectivity index (χ0v) is 5.17. The smallest absolute Gasteiger partial charge is 0.0409 e. The van der Waals surface area contributed by atoms with Crippen LogP contribution >= 0.6 is 0 Å². The molecule has 1 fully saturated rings. The Kier molecular flexibility index (Phi) is 0.505. The Morgan fingerprint density at radius 3 is 1.89 bits per heavy atom. The minimum absolute atomic E-state index is 0.778. The van der Waals surface area contributed by atoms with E-state index in [1.807, 2.05) is 0 Å². The van der Waals surface area contributed by atoms with E-state index >= 15 is 0 Å². The molecule has 0 radical (unpaired) electrons. The van der Waals surface area contributed by atoms with Crippen molar-refractivity contribution in [2.45, 2.75) is 6.42 Å². The third-order valence-electron chi connectivity index (χ3n) is 2.88. The van der Waals surface area contributed by atoms with Gasteiger partial charge in [0.1, 0.15) is 0 Å². The fourth-order valence-corrected chi connectivity index (χ4v) is 2.31. The predicted octanol–water partition coefficient (Wildman–Crippen LogP) is 1.44. The van der Waals surface area contributed by atoms with E-state index in [1.165, 1.54) is 6.42 Å². The molecule has 4 unspecified atom stereocenters. The summed E-state index contributed by atoms with van der Waals surface area (Å²) in [5.74, 6) is 9.73. The maximum atomic E-state index is 3.24. The van der Waals surface area contributed by atoms with E-state index in [0.29, 0.717) is 0 Å². The molecule has 4 atom stereocenters. The van der Waals surface area contributed by atoms with Crippen molar-refractivity contribution in [3.63, 3.8) is 0 Å². The quantitative estimate of drug-likeness (QED) is 0.332. The Balaban J connectivity index is 2.13. The van der Waals surface area contributed by atoms with Crippen LogP contribution in [-0.4, -0.2) is 0 Å².